The molecule has 0 N–H and O–H groups in total. The van der Waals surface area contributed by atoms with Gasteiger partial charge in [-0.1, -0.05) is 19.4 Å². The summed E-state index contributed by atoms with van der Waals surface area (Å²) in [6, 6.07) is 1.74. The molecule has 2 aliphatic heterocycles. The number of halogens is 5. The molecule has 1 aromatic heterocycles. The Labute approximate surface area is 169 Å². The predicted octanol–water partition coefficient (Wildman–Crippen LogP) is 4.57. The van der Waals surface area contributed by atoms with Gasteiger partial charge in [-0.3, -0.25) is 4.99 Å². The number of benzene rings is 1. The number of rotatable bonds is 5. The summed E-state index contributed by atoms with van der Waals surface area (Å²) in [5.74, 6) is -1.18. The van der Waals surface area contributed by atoms with Gasteiger partial charge in [-0.25, -0.2) is 18.8 Å². The molecule has 0 aliphatic carbocycles. The van der Waals surface area contributed by atoms with E-state index in [2.05, 4.69) is 15.0 Å². The Kier molecular flexibility index (Phi) is 5.17. The minimum Gasteiger partial charge on any atom is -0.325 e. The molecule has 10 heteroatoms. The number of alkyl halides is 3. The topological polar surface area (TPSA) is 45.8 Å². The second kappa shape index (κ2) is 7.66. The van der Waals surface area contributed by atoms with Crippen LogP contribution in [0.15, 0.2) is 51.8 Å². The molecule has 2 aliphatic rings. The molecule has 3 heterocycles. The van der Waals surface area contributed by atoms with Crippen molar-refractivity contribution in [1.82, 2.24) is 14.5 Å². The van der Waals surface area contributed by atoms with Crippen LogP contribution in [0.3, 0.4) is 0 Å². The zero-order valence-electron chi connectivity index (χ0n) is 16.0. The minimum atomic E-state index is -4.43. The maximum absolute atomic E-state index is 14.2. The number of hydrogen-bond acceptors (Lipinski definition) is 4. The van der Waals surface area contributed by atoms with E-state index in [0.717, 1.165) is 12.1 Å². The van der Waals surface area contributed by atoms with Crippen LogP contribution in [0.25, 0.3) is 11.4 Å². The average Bonchev–Trinajstić information content (AvgIpc) is 3.31. The van der Waals surface area contributed by atoms with E-state index >= 15 is 0 Å². The summed E-state index contributed by atoms with van der Waals surface area (Å²) in [6.45, 7) is 1.69. The molecule has 0 amide bonds. The Morgan fingerprint density at radius 1 is 1.17 bits per heavy atom. The molecular weight excluding hydrogens is 405 g/mol. The van der Waals surface area contributed by atoms with E-state index in [-0.39, 0.29) is 30.3 Å². The Hall–Kier alpha value is -3.04. The summed E-state index contributed by atoms with van der Waals surface area (Å²) in [5.41, 5.74) is 0.822. The smallest absolute Gasteiger partial charge is 0.325 e. The van der Waals surface area contributed by atoms with E-state index in [1.807, 2.05) is 6.92 Å². The fourth-order valence-corrected chi connectivity index (χ4v) is 3.59. The molecular formula is C20H18F5N5. The monoisotopic (exact) mass is 423 g/mol. The van der Waals surface area contributed by atoms with Crippen molar-refractivity contribution in [3.05, 3.63) is 53.5 Å². The van der Waals surface area contributed by atoms with E-state index in [1.54, 1.807) is 6.20 Å². The third-order valence-electron chi connectivity index (χ3n) is 4.99. The maximum atomic E-state index is 14.2. The Morgan fingerprint density at radius 3 is 2.57 bits per heavy atom. The molecule has 1 aromatic carbocycles. The lowest BCUT2D eigenvalue weighted by Crippen LogP contribution is -2.36. The lowest BCUT2D eigenvalue weighted by Gasteiger charge is -2.24. The standard InChI is InChI=1S/C20H18F5N5/c1-2-4-12-15(27-11-30-10-16(20(23,24)25)28-18(12)30)9-29-8-7-26-19(29)17-13(21)5-3-6-14(17)22/h3,5-8,11,16H,2,4,9-10H2,1H3. The largest absolute Gasteiger partial charge is 0.412 e. The zero-order chi connectivity index (χ0) is 21.5. The van der Waals surface area contributed by atoms with Crippen molar-refractivity contribution in [2.24, 2.45) is 9.98 Å². The molecule has 0 saturated carbocycles. The highest BCUT2D eigenvalue weighted by Gasteiger charge is 2.45. The van der Waals surface area contributed by atoms with Gasteiger partial charge in [-0.2, -0.15) is 13.2 Å². The lowest BCUT2D eigenvalue weighted by molar-refractivity contribution is -0.145. The van der Waals surface area contributed by atoms with E-state index in [0.29, 0.717) is 24.1 Å². The molecule has 0 spiro atoms. The van der Waals surface area contributed by atoms with Gasteiger partial charge in [0, 0.05) is 18.0 Å². The number of hydrogen-bond donors (Lipinski definition) is 0. The summed E-state index contributed by atoms with van der Waals surface area (Å²) in [4.78, 5) is 13.7. The molecule has 1 atom stereocenters. The first-order valence-electron chi connectivity index (χ1n) is 9.42. The zero-order valence-corrected chi connectivity index (χ0v) is 16.0. The number of aliphatic imine (C=N–C) groups is 2. The van der Waals surface area contributed by atoms with Crippen molar-refractivity contribution in [3.63, 3.8) is 0 Å². The molecule has 0 radical (unpaired) electrons. The Morgan fingerprint density at radius 2 is 1.90 bits per heavy atom. The van der Waals surface area contributed by atoms with Gasteiger partial charge in [0.05, 0.1) is 30.7 Å². The van der Waals surface area contributed by atoms with Gasteiger partial charge in [0.25, 0.3) is 0 Å². The van der Waals surface area contributed by atoms with Gasteiger partial charge in [0.1, 0.15) is 23.3 Å². The van der Waals surface area contributed by atoms with Gasteiger partial charge in [0.15, 0.2) is 6.04 Å². The van der Waals surface area contributed by atoms with Crippen molar-refractivity contribution in [2.45, 2.75) is 38.5 Å². The highest BCUT2D eigenvalue weighted by Crippen LogP contribution is 2.33. The van der Waals surface area contributed by atoms with Crippen molar-refractivity contribution >= 4 is 12.2 Å². The van der Waals surface area contributed by atoms with Crippen LogP contribution < -0.4 is 0 Å². The van der Waals surface area contributed by atoms with Crippen LogP contribution in [0, 0.1) is 11.6 Å². The van der Waals surface area contributed by atoms with Crippen LogP contribution in [0.5, 0.6) is 0 Å². The Bertz CT molecular complexity index is 1030. The summed E-state index contributed by atoms with van der Waals surface area (Å²) in [6.07, 6.45) is 1.01. The average molecular weight is 423 g/mol. The molecule has 2 aromatic rings. The van der Waals surface area contributed by atoms with Crippen LogP contribution in [0.4, 0.5) is 22.0 Å². The summed E-state index contributed by atoms with van der Waals surface area (Å²) in [5, 5.41) is 0. The van der Waals surface area contributed by atoms with Crippen molar-refractivity contribution in [3.8, 4) is 11.4 Å². The van der Waals surface area contributed by atoms with E-state index in [1.165, 1.54) is 28.1 Å². The van der Waals surface area contributed by atoms with Crippen LogP contribution >= 0.6 is 0 Å². The number of nitrogens with zero attached hydrogens (tertiary/aromatic N) is 5. The highest BCUT2D eigenvalue weighted by molar-refractivity contribution is 6.07. The fourth-order valence-electron chi connectivity index (χ4n) is 3.59. The molecule has 0 bridgehead atoms. The molecule has 30 heavy (non-hydrogen) atoms. The number of allylic oxidation sites excluding steroid dienone is 1. The van der Waals surface area contributed by atoms with Gasteiger partial charge < -0.3 is 9.47 Å². The predicted molar refractivity (Wildman–Crippen MR) is 102 cm³/mol. The third kappa shape index (κ3) is 3.61. The van der Waals surface area contributed by atoms with Crippen LogP contribution in [-0.2, 0) is 6.54 Å². The second-order valence-electron chi connectivity index (χ2n) is 7.06. The first-order chi connectivity index (χ1) is 14.3. The van der Waals surface area contributed by atoms with Crippen molar-refractivity contribution in [1.29, 1.82) is 0 Å². The Balaban J connectivity index is 1.72. The molecule has 0 fully saturated rings. The molecule has 5 nitrogen and oxygen atoms in total. The number of fused-ring (bicyclic) bond motifs is 1. The SMILES string of the molecule is CCCC1=C(Cn2ccnc2-c2c(F)cccc2F)N=CN2CC(C(F)(F)F)N=C12. The number of imidazole rings is 1. The normalized spacial score (nSPS) is 18.8. The highest BCUT2D eigenvalue weighted by atomic mass is 19.4. The van der Waals surface area contributed by atoms with Crippen LogP contribution in [-0.4, -0.2) is 45.4 Å². The first-order valence-corrected chi connectivity index (χ1v) is 9.42. The van der Waals surface area contributed by atoms with Gasteiger partial charge in [-0.15, -0.1) is 0 Å². The summed E-state index contributed by atoms with van der Waals surface area (Å²) >= 11 is 0. The number of aromatic nitrogens is 2. The number of amidine groups is 1. The van der Waals surface area contributed by atoms with E-state index in [4.69, 9.17) is 0 Å². The summed E-state index contributed by atoms with van der Waals surface area (Å²) < 4.78 is 69.5. The summed E-state index contributed by atoms with van der Waals surface area (Å²) in [7, 11) is 0. The van der Waals surface area contributed by atoms with Gasteiger partial charge >= 0.3 is 6.18 Å². The van der Waals surface area contributed by atoms with Crippen LogP contribution in [0.1, 0.15) is 19.8 Å². The molecule has 158 valence electrons. The van der Waals surface area contributed by atoms with E-state index in [9.17, 15) is 22.0 Å². The van der Waals surface area contributed by atoms with Crippen molar-refractivity contribution < 1.29 is 22.0 Å². The molecule has 4 rings (SSSR count). The lowest BCUT2D eigenvalue weighted by atomic mass is 10.1. The fraction of sp³-hybridized carbons (Fsp3) is 0.350. The maximum Gasteiger partial charge on any atom is 0.412 e. The van der Waals surface area contributed by atoms with Crippen LogP contribution in [0.2, 0.25) is 0 Å². The first kappa shape index (κ1) is 20.2. The minimum absolute atomic E-state index is 0.0770. The second-order valence-corrected chi connectivity index (χ2v) is 7.06. The van der Waals surface area contributed by atoms with Gasteiger partial charge in [-0.05, 0) is 18.6 Å². The quantitative estimate of drug-likeness (QED) is 0.662. The van der Waals surface area contributed by atoms with Crippen molar-refractivity contribution in [2.75, 3.05) is 6.54 Å². The molecule has 1 unspecified atom stereocenters. The molecule has 0 saturated heterocycles. The van der Waals surface area contributed by atoms with Gasteiger partial charge in [0.2, 0.25) is 0 Å². The van der Waals surface area contributed by atoms with E-state index < -0.39 is 23.9 Å². The third-order valence-corrected chi connectivity index (χ3v) is 4.99.